The van der Waals surface area contributed by atoms with Crippen molar-refractivity contribution in [1.82, 2.24) is 5.32 Å². The summed E-state index contributed by atoms with van der Waals surface area (Å²) in [4.78, 5) is 11.9. The summed E-state index contributed by atoms with van der Waals surface area (Å²) in [6.07, 6.45) is 0. The van der Waals surface area contributed by atoms with Crippen molar-refractivity contribution in [2.45, 2.75) is 40.0 Å². The summed E-state index contributed by atoms with van der Waals surface area (Å²) in [5.41, 5.74) is 2.09. The molecule has 0 aliphatic carbocycles. The Hall–Kier alpha value is -1.35. The van der Waals surface area contributed by atoms with Crippen LogP contribution in [-0.2, 0) is 10.2 Å². The predicted molar refractivity (Wildman–Crippen MR) is 81.5 cm³/mol. The van der Waals surface area contributed by atoms with Crippen LogP contribution in [0.3, 0.4) is 0 Å². The highest BCUT2D eigenvalue weighted by molar-refractivity contribution is 5.93. The summed E-state index contributed by atoms with van der Waals surface area (Å²) in [6, 6.07) is 7.98. The zero-order chi connectivity index (χ0) is 14.5. The lowest BCUT2D eigenvalue weighted by Crippen LogP contribution is -2.31. The van der Waals surface area contributed by atoms with Gasteiger partial charge in [-0.2, -0.15) is 0 Å². The summed E-state index contributed by atoms with van der Waals surface area (Å²) >= 11 is 0. The molecule has 1 amide bonds. The Morgan fingerprint density at radius 1 is 1.21 bits per heavy atom. The van der Waals surface area contributed by atoms with Crippen LogP contribution in [0.1, 0.15) is 40.2 Å². The molecule has 19 heavy (non-hydrogen) atoms. The van der Waals surface area contributed by atoms with Gasteiger partial charge in [0.25, 0.3) is 0 Å². The van der Waals surface area contributed by atoms with Crippen LogP contribution in [-0.4, -0.2) is 19.0 Å². The Labute approximate surface area is 116 Å². The Balaban J connectivity index is 2.64. The van der Waals surface area contributed by atoms with E-state index in [4.69, 9.17) is 0 Å². The van der Waals surface area contributed by atoms with Gasteiger partial charge in [0, 0.05) is 5.69 Å². The monoisotopic (exact) mass is 262 g/mol. The molecule has 1 aromatic carbocycles. The third-order valence-corrected chi connectivity index (χ3v) is 2.85. The zero-order valence-corrected chi connectivity index (χ0v) is 12.7. The van der Waals surface area contributed by atoms with Crippen LogP contribution < -0.4 is 10.6 Å². The van der Waals surface area contributed by atoms with Gasteiger partial charge in [0.15, 0.2) is 0 Å². The number of anilines is 1. The van der Waals surface area contributed by atoms with E-state index in [2.05, 4.69) is 51.3 Å². The lowest BCUT2D eigenvalue weighted by molar-refractivity contribution is -0.115. The summed E-state index contributed by atoms with van der Waals surface area (Å²) < 4.78 is 0. The summed E-state index contributed by atoms with van der Waals surface area (Å²) in [5.74, 6) is 0.562. The third-order valence-electron chi connectivity index (χ3n) is 2.85. The molecule has 0 saturated carbocycles. The van der Waals surface area contributed by atoms with Gasteiger partial charge >= 0.3 is 0 Å². The topological polar surface area (TPSA) is 41.1 Å². The van der Waals surface area contributed by atoms with E-state index in [-0.39, 0.29) is 11.3 Å². The maximum atomic E-state index is 11.9. The quantitative estimate of drug-likeness (QED) is 0.855. The standard InChI is InChI=1S/C16H26N2O/c1-12(2)10-17-11-15(19)18-14-9-7-6-8-13(14)16(3,4)5/h6-9,12,17H,10-11H2,1-5H3,(H,18,19). The molecule has 0 aromatic heterocycles. The fraction of sp³-hybridized carbons (Fsp3) is 0.562. The van der Waals surface area contributed by atoms with Crippen LogP contribution in [0.2, 0.25) is 0 Å². The molecule has 0 aliphatic heterocycles. The molecule has 0 bridgehead atoms. The molecule has 1 rings (SSSR count). The summed E-state index contributed by atoms with van der Waals surface area (Å²) in [7, 11) is 0. The van der Waals surface area contributed by atoms with E-state index in [1.165, 1.54) is 0 Å². The van der Waals surface area contributed by atoms with E-state index in [1.54, 1.807) is 0 Å². The number of benzene rings is 1. The molecule has 0 heterocycles. The second-order valence-corrected chi connectivity index (χ2v) is 6.37. The number of hydrogen-bond acceptors (Lipinski definition) is 2. The lowest BCUT2D eigenvalue weighted by atomic mass is 9.86. The molecular formula is C16H26N2O. The van der Waals surface area contributed by atoms with Gasteiger partial charge in [0.1, 0.15) is 0 Å². The van der Waals surface area contributed by atoms with Crippen LogP contribution in [0, 0.1) is 5.92 Å². The third kappa shape index (κ3) is 5.43. The van der Waals surface area contributed by atoms with Crippen molar-refractivity contribution < 1.29 is 4.79 Å². The minimum Gasteiger partial charge on any atom is -0.325 e. The van der Waals surface area contributed by atoms with Crippen LogP contribution >= 0.6 is 0 Å². The van der Waals surface area contributed by atoms with E-state index in [0.29, 0.717) is 12.5 Å². The molecule has 3 heteroatoms. The Morgan fingerprint density at radius 3 is 2.42 bits per heavy atom. The number of para-hydroxylation sites is 1. The van der Waals surface area contributed by atoms with Crippen LogP contribution in [0.5, 0.6) is 0 Å². The SMILES string of the molecule is CC(C)CNCC(=O)Nc1ccccc1C(C)(C)C. The highest BCUT2D eigenvalue weighted by atomic mass is 16.1. The van der Waals surface area contributed by atoms with Crippen molar-refractivity contribution in [3.8, 4) is 0 Å². The summed E-state index contributed by atoms with van der Waals surface area (Å²) in [6.45, 7) is 11.9. The number of nitrogens with one attached hydrogen (secondary N) is 2. The molecule has 0 aliphatic rings. The van der Waals surface area contributed by atoms with Gasteiger partial charge in [-0.25, -0.2) is 0 Å². The first-order chi connectivity index (χ1) is 8.80. The largest absolute Gasteiger partial charge is 0.325 e. The molecule has 0 saturated heterocycles. The van der Waals surface area contributed by atoms with Gasteiger partial charge in [-0.05, 0) is 29.5 Å². The van der Waals surface area contributed by atoms with E-state index in [9.17, 15) is 4.79 Å². The van der Waals surface area contributed by atoms with E-state index < -0.39 is 0 Å². The molecule has 3 nitrogen and oxygen atoms in total. The Kier molecular flexibility index (Phi) is 5.55. The second-order valence-electron chi connectivity index (χ2n) is 6.37. The maximum absolute atomic E-state index is 11.9. The molecule has 1 aromatic rings. The van der Waals surface area contributed by atoms with Gasteiger partial charge in [0.05, 0.1) is 6.54 Å². The average molecular weight is 262 g/mol. The number of rotatable bonds is 5. The number of hydrogen-bond donors (Lipinski definition) is 2. The van der Waals surface area contributed by atoms with Gasteiger partial charge in [0.2, 0.25) is 5.91 Å². The predicted octanol–water partition coefficient (Wildman–Crippen LogP) is 3.17. The van der Waals surface area contributed by atoms with Gasteiger partial charge < -0.3 is 10.6 Å². The zero-order valence-electron chi connectivity index (χ0n) is 12.7. The van der Waals surface area contributed by atoms with Gasteiger partial charge in [-0.15, -0.1) is 0 Å². The van der Waals surface area contributed by atoms with Crippen molar-refractivity contribution in [1.29, 1.82) is 0 Å². The minimum absolute atomic E-state index is 0.0114. The van der Waals surface area contributed by atoms with Crippen LogP contribution in [0.25, 0.3) is 0 Å². The van der Waals surface area contributed by atoms with Crippen molar-refractivity contribution in [3.63, 3.8) is 0 Å². The Morgan fingerprint density at radius 2 is 1.84 bits per heavy atom. The first-order valence-corrected chi connectivity index (χ1v) is 6.91. The highest BCUT2D eigenvalue weighted by Gasteiger charge is 2.18. The molecule has 106 valence electrons. The van der Waals surface area contributed by atoms with E-state index >= 15 is 0 Å². The molecule has 0 radical (unpaired) electrons. The lowest BCUT2D eigenvalue weighted by Gasteiger charge is -2.23. The van der Waals surface area contributed by atoms with Gasteiger partial charge in [-0.1, -0.05) is 52.8 Å². The fourth-order valence-corrected chi connectivity index (χ4v) is 1.91. The van der Waals surface area contributed by atoms with E-state index in [0.717, 1.165) is 17.8 Å². The first-order valence-electron chi connectivity index (χ1n) is 6.91. The number of carbonyl (C=O) groups is 1. The molecular weight excluding hydrogens is 236 g/mol. The maximum Gasteiger partial charge on any atom is 0.238 e. The fourth-order valence-electron chi connectivity index (χ4n) is 1.91. The minimum atomic E-state index is 0.0114. The molecule has 2 N–H and O–H groups in total. The van der Waals surface area contributed by atoms with Crippen molar-refractivity contribution in [2.24, 2.45) is 5.92 Å². The van der Waals surface area contributed by atoms with Crippen molar-refractivity contribution >= 4 is 11.6 Å². The first kappa shape index (κ1) is 15.7. The molecule has 0 spiro atoms. The van der Waals surface area contributed by atoms with Gasteiger partial charge in [-0.3, -0.25) is 4.79 Å². The normalized spacial score (nSPS) is 11.7. The Bertz CT molecular complexity index is 419. The molecule has 0 atom stereocenters. The van der Waals surface area contributed by atoms with Crippen LogP contribution in [0.15, 0.2) is 24.3 Å². The summed E-state index contributed by atoms with van der Waals surface area (Å²) in [5, 5.41) is 6.14. The highest BCUT2D eigenvalue weighted by Crippen LogP contribution is 2.28. The average Bonchev–Trinajstić information content (AvgIpc) is 2.27. The smallest absolute Gasteiger partial charge is 0.238 e. The number of amides is 1. The number of carbonyl (C=O) groups excluding carboxylic acids is 1. The molecule has 0 fully saturated rings. The van der Waals surface area contributed by atoms with Crippen molar-refractivity contribution in [2.75, 3.05) is 18.4 Å². The van der Waals surface area contributed by atoms with E-state index in [1.807, 2.05) is 18.2 Å². The molecule has 0 unspecified atom stereocenters. The second kappa shape index (κ2) is 6.71. The van der Waals surface area contributed by atoms with Crippen molar-refractivity contribution in [3.05, 3.63) is 29.8 Å². The van der Waals surface area contributed by atoms with Crippen LogP contribution in [0.4, 0.5) is 5.69 Å².